The van der Waals surface area contributed by atoms with E-state index < -0.39 is 9.84 Å². The molecule has 2 unspecified atom stereocenters. The monoisotopic (exact) mass is 313 g/mol. The molecular formula is C15H27N3O2S. The van der Waals surface area contributed by atoms with Crippen molar-refractivity contribution in [1.82, 2.24) is 14.9 Å². The first-order valence-electron chi connectivity index (χ1n) is 7.95. The van der Waals surface area contributed by atoms with Crippen LogP contribution in [0.2, 0.25) is 0 Å². The number of hydrogen-bond acceptors (Lipinski definition) is 4. The predicted molar refractivity (Wildman–Crippen MR) is 85.0 cm³/mol. The van der Waals surface area contributed by atoms with Gasteiger partial charge in [-0.2, -0.15) is 0 Å². The van der Waals surface area contributed by atoms with Crippen LogP contribution in [0.5, 0.6) is 0 Å². The molecule has 1 fully saturated rings. The molecule has 2 rings (SSSR count). The summed E-state index contributed by atoms with van der Waals surface area (Å²) in [5.74, 6) is 1.37. The number of hydrogen-bond donors (Lipinski definition) is 1. The predicted octanol–water partition coefficient (Wildman–Crippen LogP) is 1.69. The van der Waals surface area contributed by atoms with Gasteiger partial charge in [-0.3, -0.25) is 0 Å². The number of imidazole rings is 1. The average molecular weight is 313 g/mol. The van der Waals surface area contributed by atoms with E-state index in [-0.39, 0.29) is 11.3 Å². The summed E-state index contributed by atoms with van der Waals surface area (Å²) in [6, 6.07) is 0.0481. The van der Waals surface area contributed by atoms with Crippen molar-refractivity contribution in [2.24, 2.45) is 7.05 Å². The van der Waals surface area contributed by atoms with Gasteiger partial charge in [0.25, 0.3) is 0 Å². The second-order valence-corrected chi connectivity index (χ2v) is 8.29. The van der Waals surface area contributed by atoms with Crippen LogP contribution in [-0.2, 0) is 23.3 Å². The molecule has 2 atom stereocenters. The minimum absolute atomic E-state index is 0.0481. The fourth-order valence-corrected chi connectivity index (χ4v) is 5.27. The SMILES string of the molecule is CCCNC(CCc1nccn1C)C1CCCCS1(=O)=O. The highest BCUT2D eigenvalue weighted by Crippen LogP contribution is 2.24. The van der Waals surface area contributed by atoms with E-state index in [1.54, 1.807) is 6.20 Å². The Labute approximate surface area is 128 Å². The lowest BCUT2D eigenvalue weighted by atomic mass is 10.0. The molecule has 1 aromatic rings. The zero-order valence-corrected chi connectivity index (χ0v) is 13.9. The fourth-order valence-electron chi connectivity index (χ4n) is 3.10. The molecule has 1 aliphatic rings. The van der Waals surface area contributed by atoms with Crippen molar-refractivity contribution in [3.05, 3.63) is 18.2 Å². The molecule has 0 aromatic carbocycles. The molecule has 0 saturated carbocycles. The first-order valence-corrected chi connectivity index (χ1v) is 9.67. The Kier molecular flexibility index (Phi) is 5.81. The summed E-state index contributed by atoms with van der Waals surface area (Å²) in [7, 11) is -0.964. The van der Waals surface area contributed by atoms with E-state index in [9.17, 15) is 8.42 Å². The molecule has 0 radical (unpaired) electrons. The maximum atomic E-state index is 12.4. The minimum atomic E-state index is -2.94. The quantitative estimate of drug-likeness (QED) is 0.832. The largest absolute Gasteiger partial charge is 0.338 e. The van der Waals surface area contributed by atoms with E-state index in [2.05, 4.69) is 17.2 Å². The number of sulfone groups is 1. The molecule has 2 heterocycles. The first-order chi connectivity index (χ1) is 10.0. The van der Waals surface area contributed by atoms with E-state index in [1.165, 1.54) is 0 Å². The molecule has 0 amide bonds. The van der Waals surface area contributed by atoms with Crippen molar-refractivity contribution in [2.45, 2.75) is 56.7 Å². The summed E-state index contributed by atoms with van der Waals surface area (Å²) in [4.78, 5) is 4.34. The molecule has 1 N–H and O–H groups in total. The molecule has 6 heteroatoms. The topological polar surface area (TPSA) is 64.0 Å². The Hall–Kier alpha value is -0.880. The lowest BCUT2D eigenvalue weighted by molar-refractivity contribution is 0.413. The van der Waals surface area contributed by atoms with E-state index >= 15 is 0 Å². The van der Waals surface area contributed by atoms with Gasteiger partial charge in [-0.05, 0) is 32.2 Å². The van der Waals surface area contributed by atoms with Crippen molar-refractivity contribution in [1.29, 1.82) is 0 Å². The molecule has 0 bridgehead atoms. The normalized spacial score (nSPS) is 23.0. The van der Waals surface area contributed by atoms with Gasteiger partial charge in [0.1, 0.15) is 5.82 Å². The third kappa shape index (κ3) is 4.30. The van der Waals surface area contributed by atoms with Crippen LogP contribution in [-0.4, -0.2) is 41.6 Å². The second kappa shape index (κ2) is 7.40. The Morgan fingerprint density at radius 1 is 1.48 bits per heavy atom. The molecular weight excluding hydrogens is 286 g/mol. The van der Waals surface area contributed by atoms with Crippen LogP contribution in [0.25, 0.3) is 0 Å². The maximum absolute atomic E-state index is 12.4. The van der Waals surface area contributed by atoms with Gasteiger partial charge in [0.2, 0.25) is 0 Å². The van der Waals surface area contributed by atoms with Crippen LogP contribution in [0.4, 0.5) is 0 Å². The summed E-state index contributed by atoms with van der Waals surface area (Å²) >= 11 is 0. The standard InChI is InChI=1S/C15H27N3O2S/c1-3-9-16-13(7-8-15-17-10-11-18(15)2)14-6-4-5-12-21(14,19)20/h10-11,13-14,16H,3-9,12H2,1-2H3. The van der Waals surface area contributed by atoms with Gasteiger partial charge in [-0.15, -0.1) is 0 Å². The summed E-state index contributed by atoms with van der Waals surface area (Å²) in [6.45, 7) is 2.98. The molecule has 1 aromatic heterocycles. The molecule has 21 heavy (non-hydrogen) atoms. The number of aromatic nitrogens is 2. The Balaban J connectivity index is 2.04. The van der Waals surface area contributed by atoms with Crippen LogP contribution >= 0.6 is 0 Å². The highest BCUT2D eigenvalue weighted by atomic mass is 32.2. The fraction of sp³-hybridized carbons (Fsp3) is 0.800. The summed E-state index contributed by atoms with van der Waals surface area (Å²) in [6.07, 6.45) is 9.03. The van der Waals surface area contributed by atoms with E-state index in [0.717, 1.165) is 50.9 Å². The lowest BCUT2D eigenvalue weighted by Gasteiger charge is -2.31. The van der Waals surface area contributed by atoms with Gasteiger partial charge < -0.3 is 9.88 Å². The maximum Gasteiger partial charge on any atom is 0.154 e. The Morgan fingerprint density at radius 3 is 2.90 bits per heavy atom. The summed E-state index contributed by atoms with van der Waals surface area (Å²) in [5.41, 5.74) is 0. The smallest absolute Gasteiger partial charge is 0.154 e. The second-order valence-electron chi connectivity index (χ2n) is 5.95. The van der Waals surface area contributed by atoms with Gasteiger partial charge in [-0.1, -0.05) is 13.3 Å². The van der Waals surface area contributed by atoms with Crippen molar-refractivity contribution in [3.8, 4) is 0 Å². The van der Waals surface area contributed by atoms with Crippen LogP contribution in [0, 0.1) is 0 Å². The molecule has 5 nitrogen and oxygen atoms in total. The lowest BCUT2D eigenvalue weighted by Crippen LogP contribution is -2.47. The third-order valence-electron chi connectivity index (χ3n) is 4.33. The average Bonchev–Trinajstić information content (AvgIpc) is 2.85. The van der Waals surface area contributed by atoms with E-state index in [1.807, 2.05) is 17.8 Å². The van der Waals surface area contributed by atoms with Crippen molar-refractivity contribution >= 4 is 9.84 Å². The van der Waals surface area contributed by atoms with Crippen LogP contribution in [0.3, 0.4) is 0 Å². The number of nitrogens with zero attached hydrogens (tertiary/aromatic N) is 2. The minimum Gasteiger partial charge on any atom is -0.338 e. The number of aryl methyl sites for hydroxylation is 2. The van der Waals surface area contributed by atoms with E-state index in [4.69, 9.17) is 0 Å². The van der Waals surface area contributed by atoms with Crippen molar-refractivity contribution in [3.63, 3.8) is 0 Å². The molecule has 120 valence electrons. The summed E-state index contributed by atoms with van der Waals surface area (Å²) in [5, 5.41) is 3.24. The van der Waals surface area contributed by atoms with Crippen LogP contribution < -0.4 is 5.32 Å². The molecule has 0 spiro atoms. The highest BCUT2D eigenvalue weighted by Gasteiger charge is 2.35. The zero-order valence-electron chi connectivity index (χ0n) is 13.1. The van der Waals surface area contributed by atoms with Crippen LogP contribution in [0.1, 0.15) is 44.9 Å². The van der Waals surface area contributed by atoms with Gasteiger partial charge in [0.05, 0.1) is 11.0 Å². The Bertz CT molecular complexity index is 539. The van der Waals surface area contributed by atoms with Crippen molar-refractivity contribution < 1.29 is 8.42 Å². The Morgan fingerprint density at radius 2 is 2.29 bits per heavy atom. The number of rotatable bonds is 7. The first kappa shape index (κ1) is 16.5. The van der Waals surface area contributed by atoms with Crippen LogP contribution in [0.15, 0.2) is 12.4 Å². The highest BCUT2D eigenvalue weighted by molar-refractivity contribution is 7.92. The van der Waals surface area contributed by atoms with Gasteiger partial charge >= 0.3 is 0 Å². The third-order valence-corrected chi connectivity index (χ3v) is 6.68. The summed E-state index contributed by atoms with van der Waals surface area (Å²) < 4.78 is 26.7. The molecule has 1 aliphatic heterocycles. The van der Waals surface area contributed by atoms with Gasteiger partial charge in [0, 0.05) is 31.9 Å². The van der Waals surface area contributed by atoms with Gasteiger partial charge in [0.15, 0.2) is 9.84 Å². The van der Waals surface area contributed by atoms with E-state index in [0.29, 0.717) is 5.75 Å². The molecule has 0 aliphatic carbocycles. The number of nitrogens with one attached hydrogen (secondary N) is 1. The zero-order chi connectivity index (χ0) is 15.3. The molecule has 1 saturated heterocycles. The van der Waals surface area contributed by atoms with Crippen molar-refractivity contribution in [2.75, 3.05) is 12.3 Å². The van der Waals surface area contributed by atoms with Gasteiger partial charge in [-0.25, -0.2) is 13.4 Å².